The maximum absolute atomic E-state index is 12.2. The van der Waals surface area contributed by atoms with Crippen LogP contribution in [0.4, 0.5) is 0 Å². The summed E-state index contributed by atoms with van der Waals surface area (Å²) in [4.78, 5) is 14.4. The van der Waals surface area contributed by atoms with Gasteiger partial charge in [0.25, 0.3) is 0 Å². The Balaban J connectivity index is 2.93. The molecule has 0 atom stereocenters. The minimum Gasteiger partial charge on any atom is -0.377 e. The maximum Gasteiger partial charge on any atom is 0.183 e. The monoisotopic (exact) mass is 247 g/mol. The van der Waals surface area contributed by atoms with Crippen LogP contribution in [0.1, 0.15) is 34.1 Å². The van der Waals surface area contributed by atoms with Crippen LogP contribution in [0, 0.1) is 11.3 Å². The van der Waals surface area contributed by atoms with Gasteiger partial charge in [0.2, 0.25) is 0 Å². The molecule has 1 heterocycles. The van der Waals surface area contributed by atoms with Crippen LogP contribution in [0.5, 0.6) is 0 Å². The zero-order chi connectivity index (χ0) is 13.8. The molecular formula is C16H25NO. The van der Waals surface area contributed by atoms with Gasteiger partial charge in [0.1, 0.15) is 0 Å². The van der Waals surface area contributed by atoms with Gasteiger partial charge in [-0.1, -0.05) is 46.4 Å². The Morgan fingerprint density at radius 2 is 2.22 bits per heavy atom. The van der Waals surface area contributed by atoms with Crippen LogP contribution >= 0.6 is 0 Å². The third-order valence-corrected chi connectivity index (χ3v) is 3.31. The number of hydrogen-bond acceptors (Lipinski definition) is 2. The largest absolute Gasteiger partial charge is 0.377 e. The van der Waals surface area contributed by atoms with Crippen molar-refractivity contribution in [3.63, 3.8) is 0 Å². The van der Waals surface area contributed by atoms with E-state index in [1.54, 1.807) is 18.2 Å². The highest BCUT2D eigenvalue weighted by Crippen LogP contribution is 2.35. The van der Waals surface area contributed by atoms with E-state index in [2.05, 4.69) is 45.4 Å². The molecule has 18 heavy (non-hydrogen) atoms. The van der Waals surface area contributed by atoms with E-state index in [4.69, 9.17) is 0 Å². The van der Waals surface area contributed by atoms with Gasteiger partial charge in [-0.2, -0.15) is 0 Å². The summed E-state index contributed by atoms with van der Waals surface area (Å²) < 4.78 is 0. The molecule has 0 unspecified atom stereocenters. The van der Waals surface area contributed by atoms with E-state index >= 15 is 0 Å². The molecule has 0 bridgehead atoms. The summed E-state index contributed by atoms with van der Waals surface area (Å²) >= 11 is 0. The lowest BCUT2D eigenvalue weighted by Gasteiger charge is -2.37. The third kappa shape index (κ3) is 3.86. The van der Waals surface area contributed by atoms with Crippen molar-refractivity contribution in [2.75, 3.05) is 13.1 Å². The minimum atomic E-state index is -0.0317. The third-order valence-electron chi connectivity index (χ3n) is 3.31. The fraction of sp³-hybridized carbons (Fsp3) is 0.562. The van der Waals surface area contributed by atoms with Gasteiger partial charge >= 0.3 is 0 Å². The van der Waals surface area contributed by atoms with E-state index in [1.807, 2.05) is 0 Å². The zero-order valence-corrected chi connectivity index (χ0v) is 12.1. The molecular weight excluding hydrogens is 222 g/mol. The smallest absolute Gasteiger partial charge is 0.183 e. The Kier molecular flexibility index (Phi) is 4.94. The van der Waals surface area contributed by atoms with Crippen LogP contribution in [-0.2, 0) is 4.79 Å². The van der Waals surface area contributed by atoms with Crippen molar-refractivity contribution in [1.29, 1.82) is 0 Å². The number of carbonyl (C=O) groups is 1. The Labute approximate surface area is 111 Å². The van der Waals surface area contributed by atoms with E-state index < -0.39 is 0 Å². The highest BCUT2D eigenvalue weighted by Gasteiger charge is 2.31. The van der Waals surface area contributed by atoms with Crippen LogP contribution < -0.4 is 0 Å². The van der Waals surface area contributed by atoms with Gasteiger partial charge in [0.15, 0.2) is 5.78 Å². The molecule has 0 saturated heterocycles. The quantitative estimate of drug-likeness (QED) is 0.547. The lowest BCUT2D eigenvalue weighted by atomic mass is 9.77. The standard InChI is InChI=1S/C16H25NO/c1-6-7-8-15(18)14-12-17(11-13(2)3)10-9-16(14,4)5/h6-8,12-13H,1,9-11H2,2-5H3/b8-7+. The summed E-state index contributed by atoms with van der Waals surface area (Å²) in [5, 5.41) is 0. The van der Waals surface area contributed by atoms with Gasteiger partial charge < -0.3 is 4.90 Å². The predicted molar refractivity (Wildman–Crippen MR) is 77.2 cm³/mol. The molecule has 100 valence electrons. The van der Waals surface area contributed by atoms with Gasteiger partial charge in [-0.05, 0) is 23.8 Å². The fourth-order valence-electron chi connectivity index (χ4n) is 2.24. The van der Waals surface area contributed by atoms with Crippen molar-refractivity contribution >= 4 is 5.78 Å². The molecule has 0 aromatic carbocycles. The van der Waals surface area contributed by atoms with Crippen LogP contribution in [0.15, 0.2) is 36.6 Å². The molecule has 0 aliphatic carbocycles. The Bertz CT molecular complexity index is 375. The number of allylic oxidation sites excluding steroid dienone is 4. The topological polar surface area (TPSA) is 20.3 Å². The van der Waals surface area contributed by atoms with Crippen molar-refractivity contribution in [1.82, 2.24) is 4.90 Å². The first-order valence-corrected chi connectivity index (χ1v) is 6.66. The molecule has 0 radical (unpaired) electrons. The van der Waals surface area contributed by atoms with Gasteiger partial charge in [-0.3, -0.25) is 4.79 Å². The molecule has 0 N–H and O–H groups in total. The molecule has 2 heteroatoms. The van der Waals surface area contributed by atoms with Gasteiger partial charge in [0, 0.05) is 24.9 Å². The molecule has 2 nitrogen and oxygen atoms in total. The Morgan fingerprint density at radius 1 is 1.56 bits per heavy atom. The summed E-state index contributed by atoms with van der Waals surface area (Å²) in [7, 11) is 0. The molecule has 0 fully saturated rings. The van der Waals surface area contributed by atoms with E-state index in [0.717, 1.165) is 25.1 Å². The first-order chi connectivity index (χ1) is 8.36. The van der Waals surface area contributed by atoms with E-state index in [1.165, 1.54) is 0 Å². The lowest BCUT2D eigenvalue weighted by Crippen LogP contribution is -2.36. The summed E-state index contributed by atoms with van der Waals surface area (Å²) in [6.07, 6.45) is 8.04. The first-order valence-electron chi connectivity index (χ1n) is 6.66. The molecule has 1 rings (SSSR count). The normalized spacial score (nSPS) is 19.2. The van der Waals surface area contributed by atoms with Gasteiger partial charge in [0.05, 0.1) is 0 Å². The number of rotatable bonds is 5. The molecule has 1 aliphatic heterocycles. The van der Waals surface area contributed by atoms with Crippen LogP contribution in [0.25, 0.3) is 0 Å². The van der Waals surface area contributed by atoms with Crippen molar-refractivity contribution in [3.05, 3.63) is 36.6 Å². The average Bonchev–Trinajstić information content (AvgIpc) is 2.27. The number of ketones is 1. The zero-order valence-electron chi connectivity index (χ0n) is 12.1. The summed E-state index contributed by atoms with van der Waals surface area (Å²) in [5.74, 6) is 0.718. The van der Waals surface area contributed by atoms with Crippen molar-refractivity contribution < 1.29 is 4.79 Å². The van der Waals surface area contributed by atoms with Crippen LogP contribution in [0.2, 0.25) is 0 Å². The molecule has 1 aliphatic rings. The van der Waals surface area contributed by atoms with Crippen molar-refractivity contribution in [3.8, 4) is 0 Å². The van der Waals surface area contributed by atoms with E-state index in [0.29, 0.717) is 5.92 Å². The second kappa shape index (κ2) is 6.03. The number of hydrogen-bond donors (Lipinski definition) is 0. The molecule has 0 amide bonds. The van der Waals surface area contributed by atoms with Gasteiger partial charge in [-0.25, -0.2) is 0 Å². The van der Waals surface area contributed by atoms with Crippen LogP contribution in [0.3, 0.4) is 0 Å². The van der Waals surface area contributed by atoms with Crippen molar-refractivity contribution in [2.24, 2.45) is 11.3 Å². The second-order valence-electron chi connectivity index (χ2n) is 6.02. The Hall–Kier alpha value is -1.31. The number of nitrogens with zero attached hydrogens (tertiary/aromatic N) is 1. The molecule has 0 spiro atoms. The maximum atomic E-state index is 12.2. The van der Waals surface area contributed by atoms with Gasteiger partial charge in [-0.15, -0.1) is 0 Å². The number of carbonyl (C=O) groups excluding carboxylic acids is 1. The van der Waals surface area contributed by atoms with E-state index in [-0.39, 0.29) is 11.2 Å². The minimum absolute atomic E-state index is 0.0317. The van der Waals surface area contributed by atoms with Crippen LogP contribution in [-0.4, -0.2) is 23.8 Å². The lowest BCUT2D eigenvalue weighted by molar-refractivity contribution is -0.112. The molecule has 0 aromatic rings. The highest BCUT2D eigenvalue weighted by atomic mass is 16.1. The summed E-state index contributed by atoms with van der Waals surface area (Å²) in [5.41, 5.74) is 0.878. The van der Waals surface area contributed by atoms with E-state index in [9.17, 15) is 4.79 Å². The molecule has 0 aromatic heterocycles. The fourth-order valence-corrected chi connectivity index (χ4v) is 2.24. The van der Waals surface area contributed by atoms with Crippen molar-refractivity contribution in [2.45, 2.75) is 34.1 Å². The summed E-state index contributed by atoms with van der Waals surface area (Å²) in [6.45, 7) is 14.3. The first kappa shape index (κ1) is 14.7. The highest BCUT2D eigenvalue weighted by molar-refractivity contribution is 6.05. The second-order valence-corrected chi connectivity index (χ2v) is 6.02. The molecule has 0 saturated carbocycles. The summed E-state index contributed by atoms with van der Waals surface area (Å²) in [6, 6.07) is 0. The predicted octanol–water partition coefficient (Wildman–Crippen LogP) is 3.57. The SMILES string of the molecule is C=C/C=C/C(=O)C1=CN(CC(C)C)CCC1(C)C. The average molecular weight is 247 g/mol. The Morgan fingerprint density at radius 3 is 2.78 bits per heavy atom.